The van der Waals surface area contributed by atoms with Crippen LogP contribution in [-0.4, -0.2) is 42.1 Å². The highest BCUT2D eigenvalue weighted by Crippen LogP contribution is 2.36. The number of ether oxygens (including phenoxy) is 4. The first-order valence-corrected chi connectivity index (χ1v) is 7.34. The number of hydrogen-bond donors (Lipinski definition) is 1. The molecule has 0 spiro atoms. The van der Waals surface area contributed by atoms with Crippen molar-refractivity contribution < 1.29 is 24.1 Å². The van der Waals surface area contributed by atoms with Gasteiger partial charge in [-0.2, -0.15) is 0 Å². The first kappa shape index (κ1) is 14.9. The zero-order valence-electron chi connectivity index (χ0n) is 12.4. The van der Waals surface area contributed by atoms with Crippen LogP contribution >= 0.6 is 0 Å². The Balaban J connectivity index is 1.49. The second kappa shape index (κ2) is 6.02. The summed E-state index contributed by atoms with van der Waals surface area (Å²) in [5.41, 5.74) is 1.12. The van der Waals surface area contributed by atoms with Crippen LogP contribution in [0.15, 0.2) is 30.3 Å². The Morgan fingerprint density at radius 3 is 2.76 bits per heavy atom. The topological polar surface area (TPSA) is 57.2 Å². The van der Waals surface area contributed by atoms with Gasteiger partial charge in [0.25, 0.3) is 0 Å². The van der Waals surface area contributed by atoms with Gasteiger partial charge in [0, 0.05) is 6.42 Å². The molecule has 2 aliphatic heterocycles. The predicted molar refractivity (Wildman–Crippen MR) is 75.4 cm³/mol. The third kappa shape index (κ3) is 3.62. The molecule has 116 valence electrons. The van der Waals surface area contributed by atoms with Gasteiger partial charge in [0.2, 0.25) is 0 Å². The summed E-state index contributed by atoms with van der Waals surface area (Å²) in [6.45, 7) is 4.66. The van der Waals surface area contributed by atoms with Gasteiger partial charge in [-0.3, -0.25) is 0 Å². The van der Waals surface area contributed by atoms with E-state index in [0.717, 1.165) is 5.56 Å². The third-order valence-corrected chi connectivity index (χ3v) is 3.74. The lowest BCUT2D eigenvalue weighted by atomic mass is 10.0. The van der Waals surface area contributed by atoms with E-state index in [2.05, 4.69) is 0 Å². The van der Waals surface area contributed by atoms with Crippen LogP contribution in [0.4, 0.5) is 0 Å². The van der Waals surface area contributed by atoms with Gasteiger partial charge in [-0.05, 0) is 19.4 Å². The number of rotatable bonds is 4. The highest BCUT2D eigenvalue weighted by Gasteiger charge is 2.49. The van der Waals surface area contributed by atoms with E-state index >= 15 is 0 Å². The van der Waals surface area contributed by atoms with Gasteiger partial charge in [-0.1, -0.05) is 30.3 Å². The van der Waals surface area contributed by atoms with Gasteiger partial charge in [-0.15, -0.1) is 0 Å². The molecule has 2 saturated heterocycles. The number of aliphatic hydroxyl groups excluding tert-OH is 1. The van der Waals surface area contributed by atoms with E-state index in [-0.39, 0.29) is 12.2 Å². The largest absolute Gasteiger partial charge is 0.374 e. The summed E-state index contributed by atoms with van der Waals surface area (Å²) in [5, 5.41) is 10.0. The molecule has 3 rings (SSSR count). The van der Waals surface area contributed by atoms with Crippen molar-refractivity contribution in [1.29, 1.82) is 0 Å². The Morgan fingerprint density at radius 1 is 1.24 bits per heavy atom. The van der Waals surface area contributed by atoms with E-state index in [9.17, 15) is 5.11 Å². The monoisotopic (exact) mass is 294 g/mol. The molecule has 0 radical (unpaired) electrons. The zero-order chi connectivity index (χ0) is 14.9. The van der Waals surface area contributed by atoms with Gasteiger partial charge in [0.15, 0.2) is 12.1 Å². The maximum Gasteiger partial charge on any atom is 0.184 e. The smallest absolute Gasteiger partial charge is 0.184 e. The molecule has 5 heteroatoms. The average Bonchev–Trinajstić information content (AvgIpc) is 2.75. The van der Waals surface area contributed by atoms with Crippen molar-refractivity contribution in [2.75, 3.05) is 6.61 Å². The standard InChI is InChI=1S/C16H22O5/c1-16(2)20-13-8-12(19-15(17)14(13)21-16)10-18-9-11-6-4-3-5-7-11/h3-7,12-15,17H,8-10H2,1-2H3/t12-,13+,14+,15+/m0/s1. The molecule has 1 N–H and O–H groups in total. The Bertz CT molecular complexity index is 461. The molecular formula is C16H22O5. The molecule has 21 heavy (non-hydrogen) atoms. The van der Waals surface area contributed by atoms with Crippen LogP contribution in [0.5, 0.6) is 0 Å². The number of fused-ring (bicyclic) bond motifs is 1. The van der Waals surface area contributed by atoms with Crippen molar-refractivity contribution in [3.63, 3.8) is 0 Å². The molecule has 0 amide bonds. The van der Waals surface area contributed by atoms with Crippen LogP contribution in [0.1, 0.15) is 25.8 Å². The van der Waals surface area contributed by atoms with Crippen molar-refractivity contribution in [2.45, 2.75) is 57.3 Å². The fourth-order valence-electron chi connectivity index (χ4n) is 2.87. The fourth-order valence-corrected chi connectivity index (χ4v) is 2.87. The highest BCUT2D eigenvalue weighted by molar-refractivity contribution is 5.13. The summed E-state index contributed by atoms with van der Waals surface area (Å²) >= 11 is 0. The van der Waals surface area contributed by atoms with Crippen molar-refractivity contribution in [2.24, 2.45) is 0 Å². The van der Waals surface area contributed by atoms with E-state index in [1.54, 1.807) is 0 Å². The molecular weight excluding hydrogens is 272 g/mol. The van der Waals surface area contributed by atoms with Crippen molar-refractivity contribution in [3.05, 3.63) is 35.9 Å². The maximum atomic E-state index is 10.0. The molecule has 5 nitrogen and oxygen atoms in total. The van der Waals surface area contributed by atoms with Crippen LogP contribution in [0.25, 0.3) is 0 Å². The lowest BCUT2D eigenvalue weighted by Crippen LogP contribution is -2.47. The van der Waals surface area contributed by atoms with Crippen molar-refractivity contribution in [3.8, 4) is 0 Å². The van der Waals surface area contributed by atoms with Gasteiger partial charge in [0.05, 0.1) is 25.4 Å². The first-order valence-electron chi connectivity index (χ1n) is 7.34. The maximum absolute atomic E-state index is 10.0. The SMILES string of the molecule is CC1(C)O[C@H]2[C@H](O)O[C@H](COCc3ccccc3)C[C@H]2O1. The molecule has 0 unspecified atom stereocenters. The Kier molecular flexibility index (Phi) is 4.28. The van der Waals surface area contributed by atoms with Crippen molar-refractivity contribution >= 4 is 0 Å². The fraction of sp³-hybridized carbons (Fsp3) is 0.625. The van der Waals surface area contributed by atoms with Gasteiger partial charge >= 0.3 is 0 Å². The average molecular weight is 294 g/mol. The van der Waals surface area contributed by atoms with Crippen LogP contribution in [0.2, 0.25) is 0 Å². The Labute approximate surface area is 124 Å². The summed E-state index contributed by atoms with van der Waals surface area (Å²) < 4.78 is 22.7. The minimum Gasteiger partial charge on any atom is -0.374 e. The minimum atomic E-state index is -0.962. The van der Waals surface area contributed by atoms with Crippen molar-refractivity contribution in [1.82, 2.24) is 0 Å². The second-order valence-corrected chi connectivity index (χ2v) is 6.02. The van der Waals surface area contributed by atoms with Crippen LogP contribution < -0.4 is 0 Å². The minimum absolute atomic E-state index is 0.144. The normalized spacial score (nSPS) is 34.6. The van der Waals surface area contributed by atoms with Crippen LogP contribution in [0, 0.1) is 0 Å². The zero-order valence-corrected chi connectivity index (χ0v) is 12.4. The van der Waals surface area contributed by atoms with E-state index < -0.39 is 18.2 Å². The summed E-state index contributed by atoms with van der Waals surface area (Å²) in [6.07, 6.45) is -1.03. The summed E-state index contributed by atoms with van der Waals surface area (Å²) in [7, 11) is 0. The first-order chi connectivity index (χ1) is 10.0. The summed E-state index contributed by atoms with van der Waals surface area (Å²) in [6, 6.07) is 9.97. The molecule has 0 aliphatic carbocycles. The molecule has 2 aliphatic rings. The van der Waals surface area contributed by atoms with E-state index in [1.807, 2.05) is 44.2 Å². The molecule has 0 bridgehead atoms. The van der Waals surface area contributed by atoms with E-state index in [4.69, 9.17) is 18.9 Å². The molecule has 1 aromatic rings. The third-order valence-electron chi connectivity index (χ3n) is 3.74. The van der Waals surface area contributed by atoms with E-state index in [0.29, 0.717) is 19.6 Å². The molecule has 0 aromatic heterocycles. The molecule has 2 fully saturated rings. The second-order valence-electron chi connectivity index (χ2n) is 6.02. The molecule has 0 saturated carbocycles. The van der Waals surface area contributed by atoms with Gasteiger partial charge in [-0.25, -0.2) is 0 Å². The lowest BCUT2D eigenvalue weighted by Gasteiger charge is -2.33. The van der Waals surface area contributed by atoms with E-state index in [1.165, 1.54) is 0 Å². The quantitative estimate of drug-likeness (QED) is 0.918. The van der Waals surface area contributed by atoms with Gasteiger partial charge in [0.1, 0.15) is 6.10 Å². The van der Waals surface area contributed by atoms with Gasteiger partial charge < -0.3 is 24.1 Å². The number of benzene rings is 1. The Morgan fingerprint density at radius 2 is 2.00 bits per heavy atom. The predicted octanol–water partition coefficient (Wildman–Crippen LogP) is 1.83. The van der Waals surface area contributed by atoms with Crippen LogP contribution in [-0.2, 0) is 25.6 Å². The number of hydrogen-bond acceptors (Lipinski definition) is 5. The molecule has 1 aromatic carbocycles. The molecule has 2 heterocycles. The highest BCUT2D eigenvalue weighted by atomic mass is 16.8. The van der Waals surface area contributed by atoms with Crippen LogP contribution in [0.3, 0.4) is 0 Å². The lowest BCUT2D eigenvalue weighted by molar-refractivity contribution is -0.237. The number of aliphatic hydroxyl groups is 1. The molecule has 4 atom stereocenters. The Hall–Kier alpha value is -0.980. The summed E-state index contributed by atoms with van der Waals surface area (Å²) in [4.78, 5) is 0. The summed E-state index contributed by atoms with van der Waals surface area (Å²) in [5.74, 6) is -0.667.